The molecule has 0 saturated heterocycles. The second-order valence-corrected chi connectivity index (χ2v) is 6.91. The van der Waals surface area contributed by atoms with Gasteiger partial charge in [-0.3, -0.25) is 0 Å². The molecular weight excluding hydrogens is 294 g/mol. The van der Waals surface area contributed by atoms with Crippen LogP contribution in [0.15, 0.2) is 15.9 Å². The lowest BCUT2D eigenvalue weighted by atomic mass is 9.88. The minimum atomic E-state index is 0.588. The van der Waals surface area contributed by atoms with E-state index >= 15 is 0 Å². The summed E-state index contributed by atoms with van der Waals surface area (Å²) in [5.41, 5.74) is 0. The van der Waals surface area contributed by atoms with Crippen LogP contribution in [0, 0.1) is 11.8 Å². The minimum absolute atomic E-state index is 0.588. The highest BCUT2D eigenvalue weighted by Crippen LogP contribution is 2.27. The quantitative estimate of drug-likeness (QED) is 0.767. The molecule has 0 aliphatic carbocycles. The van der Waals surface area contributed by atoms with Gasteiger partial charge in [0, 0.05) is 15.4 Å². The van der Waals surface area contributed by atoms with E-state index in [9.17, 15) is 0 Å². The van der Waals surface area contributed by atoms with Crippen molar-refractivity contribution in [1.29, 1.82) is 0 Å². The molecule has 1 aromatic heterocycles. The normalized spacial score (nSPS) is 15.2. The molecule has 0 aliphatic rings. The van der Waals surface area contributed by atoms with Crippen LogP contribution in [0.5, 0.6) is 0 Å². The zero-order valence-electron chi connectivity index (χ0n) is 11.3. The summed E-state index contributed by atoms with van der Waals surface area (Å²) in [5.74, 6) is 1.43. The maximum Gasteiger partial charge on any atom is 0.0314 e. The third kappa shape index (κ3) is 4.72. The number of rotatable bonds is 7. The molecule has 1 rings (SSSR count). The van der Waals surface area contributed by atoms with Crippen molar-refractivity contribution in [2.75, 3.05) is 6.54 Å². The molecule has 17 heavy (non-hydrogen) atoms. The Labute approximate surface area is 118 Å². The van der Waals surface area contributed by atoms with E-state index in [0.29, 0.717) is 12.0 Å². The predicted molar refractivity (Wildman–Crippen MR) is 81.8 cm³/mol. The molecule has 1 aromatic rings. The molecule has 3 heteroatoms. The first kappa shape index (κ1) is 15.2. The maximum absolute atomic E-state index is 3.70. The third-order valence-electron chi connectivity index (χ3n) is 3.44. The number of thiophene rings is 1. The molecule has 1 nitrogen and oxygen atoms in total. The van der Waals surface area contributed by atoms with Crippen LogP contribution in [0.4, 0.5) is 0 Å². The highest BCUT2D eigenvalue weighted by Gasteiger charge is 2.21. The Balaban J connectivity index is 2.66. The van der Waals surface area contributed by atoms with Crippen LogP contribution in [0.1, 0.15) is 39.0 Å². The topological polar surface area (TPSA) is 12.0 Å². The van der Waals surface area contributed by atoms with E-state index in [2.05, 4.69) is 60.4 Å². The standard InChI is InChI=1S/C14H24BrNS/c1-5-7-16-13(11(4)10(2)3)9-14-12(15)6-8-17-14/h6,8,10-11,13,16H,5,7,9H2,1-4H3. The van der Waals surface area contributed by atoms with Crippen molar-refractivity contribution in [1.82, 2.24) is 5.32 Å². The van der Waals surface area contributed by atoms with Crippen molar-refractivity contribution in [3.8, 4) is 0 Å². The van der Waals surface area contributed by atoms with Crippen LogP contribution in [-0.2, 0) is 6.42 Å². The lowest BCUT2D eigenvalue weighted by Gasteiger charge is -2.28. The summed E-state index contributed by atoms with van der Waals surface area (Å²) in [4.78, 5) is 1.46. The SMILES string of the molecule is CCCNC(Cc1sccc1Br)C(C)C(C)C. The zero-order valence-corrected chi connectivity index (χ0v) is 13.7. The Hall–Kier alpha value is 0.140. The third-order valence-corrected chi connectivity index (χ3v) is 5.39. The fourth-order valence-electron chi connectivity index (χ4n) is 1.91. The van der Waals surface area contributed by atoms with Gasteiger partial charge in [0.1, 0.15) is 0 Å². The lowest BCUT2D eigenvalue weighted by molar-refractivity contribution is 0.298. The average Bonchev–Trinajstić information content (AvgIpc) is 2.69. The highest BCUT2D eigenvalue weighted by atomic mass is 79.9. The smallest absolute Gasteiger partial charge is 0.0314 e. The van der Waals surface area contributed by atoms with Gasteiger partial charge in [-0.15, -0.1) is 11.3 Å². The number of halogens is 1. The zero-order chi connectivity index (χ0) is 12.8. The van der Waals surface area contributed by atoms with Gasteiger partial charge in [-0.25, -0.2) is 0 Å². The van der Waals surface area contributed by atoms with Crippen molar-refractivity contribution in [2.24, 2.45) is 11.8 Å². The van der Waals surface area contributed by atoms with Gasteiger partial charge < -0.3 is 5.32 Å². The van der Waals surface area contributed by atoms with Crippen molar-refractivity contribution >= 4 is 27.3 Å². The van der Waals surface area contributed by atoms with E-state index in [1.54, 1.807) is 0 Å². The van der Waals surface area contributed by atoms with Gasteiger partial charge in [-0.05, 0) is 58.6 Å². The highest BCUT2D eigenvalue weighted by molar-refractivity contribution is 9.10. The van der Waals surface area contributed by atoms with Crippen molar-refractivity contribution in [2.45, 2.75) is 46.6 Å². The van der Waals surface area contributed by atoms with Crippen molar-refractivity contribution in [3.63, 3.8) is 0 Å². The van der Waals surface area contributed by atoms with Crippen LogP contribution in [-0.4, -0.2) is 12.6 Å². The van der Waals surface area contributed by atoms with Crippen molar-refractivity contribution < 1.29 is 0 Å². The molecule has 2 atom stereocenters. The van der Waals surface area contributed by atoms with E-state index in [1.165, 1.54) is 15.8 Å². The Morgan fingerprint density at radius 3 is 2.53 bits per heavy atom. The van der Waals surface area contributed by atoms with E-state index in [0.717, 1.165) is 18.9 Å². The van der Waals surface area contributed by atoms with E-state index in [1.807, 2.05) is 11.3 Å². The molecule has 98 valence electrons. The molecule has 0 saturated carbocycles. The first-order valence-electron chi connectivity index (χ1n) is 6.51. The fraction of sp³-hybridized carbons (Fsp3) is 0.714. The van der Waals surface area contributed by atoms with Gasteiger partial charge >= 0.3 is 0 Å². The van der Waals surface area contributed by atoms with Gasteiger partial charge in [0.05, 0.1) is 0 Å². The molecule has 0 aromatic carbocycles. The first-order chi connectivity index (χ1) is 8.06. The van der Waals surface area contributed by atoms with Crippen LogP contribution in [0.25, 0.3) is 0 Å². The molecule has 0 spiro atoms. The molecule has 0 amide bonds. The summed E-state index contributed by atoms with van der Waals surface area (Å²) in [6.45, 7) is 10.3. The summed E-state index contributed by atoms with van der Waals surface area (Å²) >= 11 is 5.49. The molecule has 1 N–H and O–H groups in total. The first-order valence-corrected chi connectivity index (χ1v) is 8.18. The van der Waals surface area contributed by atoms with Gasteiger partial charge in [0.15, 0.2) is 0 Å². The average molecular weight is 318 g/mol. The predicted octanol–water partition coefficient (Wildman–Crippen LogP) is 4.71. The van der Waals surface area contributed by atoms with Gasteiger partial charge in [0.2, 0.25) is 0 Å². The van der Waals surface area contributed by atoms with Crippen LogP contribution in [0.2, 0.25) is 0 Å². The Morgan fingerprint density at radius 1 is 1.35 bits per heavy atom. The van der Waals surface area contributed by atoms with E-state index in [4.69, 9.17) is 0 Å². The second kappa shape index (κ2) is 7.55. The molecule has 0 fully saturated rings. The second-order valence-electron chi connectivity index (χ2n) is 5.06. The van der Waals surface area contributed by atoms with E-state index < -0.39 is 0 Å². The summed E-state index contributed by atoms with van der Waals surface area (Å²) in [6.07, 6.45) is 2.34. The summed E-state index contributed by atoms with van der Waals surface area (Å²) < 4.78 is 1.27. The summed E-state index contributed by atoms with van der Waals surface area (Å²) in [7, 11) is 0. The molecule has 1 heterocycles. The monoisotopic (exact) mass is 317 g/mol. The van der Waals surface area contributed by atoms with Crippen molar-refractivity contribution in [3.05, 3.63) is 20.8 Å². The largest absolute Gasteiger partial charge is 0.313 e. The number of hydrogen-bond donors (Lipinski definition) is 1. The molecular formula is C14H24BrNS. The van der Waals surface area contributed by atoms with Crippen LogP contribution >= 0.6 is 27.3 Å². The van der Waals surface area contributed by atoms with Gasteiger partial charge in [-0.2, -0.15) is 0 Å². The summed E-state index contributed by atoms with van der Waals surface area (Å²) in [6, 6.07) is 2.74. The van der Waals surface area contributed by atoms with E-state index in [-0.39, 0.29) is 0 Å². The minimum Gasteiger partial charge on any atom is -0.313 e. The lowest BCUT2D eigenvalue weighted by Crippen LogP contribution is -2.39. The molecule has 2 unspecified atom stereocenters. The number of hydrogen-bond acceptors (Lipinski definition) is 2. The Kier molecular flexibility index (Phi) is 6.75. The fourth-order valence-corrected chi connectivity index (χ4v) is 3.48. The van der Waals surface area contributed by atoms with Gasteiger partial charge in [-0.1, -0.05) is 27.7 Å². The number of nitrogens with one attached hydrogen (secondary N) is 1. The van der Waals surface area contributed by atoms with Crippen LogP contribution < -0.4 is 5.32 Å². The van der Waals surface area contributed by atoms with Gasteiger partial charge in [0.25, 0.3) is 0 Å². The molecule has 0 aliphatic heterocycles. The molecule has 0 bridgehead atoms. The Bertz CT molecular complexity index is 322. The van der Waals surface area contributed by atoms with Crippen LogP contribution in [0.3, 0.4) is 0 Å². The maximum atomic E-state index is 3.70. The summed E-state index contributed by atoms with van der Waals surface area (Å²) in [5, 5.41) is 5.86. The molecule has 0 radical (unpaired) electrons. The Morgan fingerprint density at radius 2 is 2.06 bits per heavy atom.